The van der Waals surface area contributed by atoms with Crippen LogP contribution in [0.15, 0.2) is 162 Å². The molecule has 0 radical (unpaired) electrons. The Hall–Kier alpha value is -6.06. The van der Waals surface area contributed by atoms with Crippen molar-refractivity contribution in [3.63, 3.8) is 0 Å². The number of benzene rings is 7. The summed E-state index contributed by atoms with van der Waals surface area (Å²) in [6.07, 6.45) is 0. The zero-order chi connectivity index (χ0) is 29.5. The van der Waals surface area contributed by atoms with Gasteiger partial charge in [-0.1, -0.05) is 109 Å². The lowest BCUT2D eigenvalue weighted by molar-refractivity contribution is 0.671. The van der Waals surface area contributed by atoms with Crippen LogP contribution in [0.4, 0.5) is 0 Å². The lowest BCUT2D eigenvalue weighted by Gasteiger charge is -2.12. The number of hydrogen-bond donors (Lipinski definition) is 0. The maximum Gasteiger partial charge on any atom is 0.160 e. The van der Waals surface area contributed by atoms with Crippen molar-refractivity contribution in [2.24, 2.45) is 0 Å². The molecule has 3 heterocycles. The van der Waals surface area contributed by atoms with Crippen LogP contribution in [0.5, 0.6) is 0 Å². The van der Waals surface area contributed by atoms with Gasteiger partial charge in [-0.25, -0.2) is 0 Å². The Morgan fingerprint density at radius 2 is 1.02 bits per heavy atom. The highest BCUT2D eigenvalue weighted by Gasteiger charge is 2.23. The molecular formula is C42H26N2O. The molecule has 210 valence electrons. The molecule has 0 atom stereocenters. The quantitative estimate of drug-likeness (QED) is 0.206. The van der Waals surface area contributed by atoms with Crippen molar-refractivity contribution in [3.8, 4) is 22.5 Å². The van der Waals surface area contributed by atoms with Gasteiger partial charge in [0.05, 0.1) is 27.8 Å². The number of fused-ring (bicyclic) bond motifs is 10. The van der Waals surface area contributed by atoms with E-state index in [1.807, 2.05) is 6.07 Å². The number of hydrogen-bond acceptors (Lipinski definition) is 1. The Balaban J connectivity index is 1.39. The molecule has 45 heavy (non-hydrogen) atoms. The van der Waals surface area contributed by atoms with E-state index in [1.54, 1.807) is 0 Å². The van der Waals surface area contributed by atoms with E-state index in [0.717, 1.165) is 44.3 Å². The van der Waals surface area contributed by atoms with Gasteiger partial charge >= 0.3 is 0 Å². The van der Waals surface area contributed by atoms with Gasteiger partial charge in [0.1, 0.15) is 5.58 Å². The molecule has 0 saturated carbocycles. The van der Waals surface area contributed by atoms with Crippen molar-refractivity contribution in [3.05, 3.63) is 158 Å². The predicted octanol–water partition coefficient (Wildman–Crippen LogP) is 11.4. The van der Waals surface area contributed by atoms with Gasteiger partial charge in [-0.05, 0) is 59.7 Å². The molecule has 0 spiro atoms. The molecule has 0 saturated heterocycles. The van der Waals surface area contributed by atoms with Gasteiger partial charge in [-0.15, -0.1) is 0 Å². The molecule has 0 amide bonds. The second-order valence-corrected chi connectivity index (χ2v) is 11.7. The van der Waals surface area contributed by atoms with Crippen LogP contribution in [0.25, 0.3) is 88.1 Å². The SMILES string of the molecule is c1ccc(-c2cccc(-n3c4cccc(-n5c6ccccc6c6ccccc65)c4c4ccc5c6ccccc6oc5c43)c2)cc1. The van der Waals surface area contributed by atoms with E-state index in [9.17, 15) is 0 Å². The topological polar surface area (TPSA) is 23.0 Å². The van der Waals surface area contributed by atoms with Crippen LogP contribution in [0, 0.1) is 0 Å². The summed E-state index contributed by atoms with van der Waals surface area (Å²) in [6, 6.07) is 56.4. The molecule has 10 rings (SSSR count). The largest absolute Gasteiger partial charge is 0.454 e. The monoisotopic (exact) mass is 574 g/mol. The van der Waals surface area contributed by atoms with Crippen molar-refractivity contribution >= 4 is 65.6 Å². The Labute approximate surface area is 258 Å². The Morgan fingerprint density at radius 1 is 0.400 bits per heavy atom. The maximum absolute atomic E-state index is 6.72. The Bertz CT molecular complexity index is 2710. The third kappa shape index (κ3) is 3.41. The number of para-hydroxylation sites is 3. The Morgan fingerprint density at radius 3 is 1.82 bits per heavy atom. The number of nitrogens with zero attached hydrogens (tertiary/aromatic N) is 2. The summed E-state index contributed by atoms with van der Waals surface area (Å²) >= 11 is 0. The van der Waals surface area contributed by atoms with E-state index in [-0.39, 0.29) is 0 Å². The van der Waals surface area contributed by atoms with Gasteiger partial charge in [0, 0.05) is 38.0 Å². The van der Waals surface area contributed by atoms with Crippen LogP contribution in [0.2, 0.25) is 0 Å². The van der Waals surface area contributed by atoms with Crippen LogP contribution in [-0.4, -0.2) is 9.13 Å². The molecule has 0 bridgehead atoms. The first-order chi connectivity index (χ1) is 22.3. The molecule has 0 N–H and O–H groups in total. The van der Waals surface area contributed by atoms with E-state index in [1.165, 1.54) is 43.7 Å². The van der Waals surface area contributed by atoms with Crippen molar-refractivity contribution in [2.75, 3.05) is 0 Å². The maximum atomic E-state index is 6.72. The molecule has 3 nitrogen and oxygen atoms in total. The summed E-state index contributed by atoms with van der Waals surface area (Å²) in [5.41, 5.74) is 11.1. The van der Waals surface area contributed by atoms with Crippen molar-refractivity contribution < 1.29 is 4.42 Å². The molecule has 0 fully saturated rings. The van der Waals surface area contributed by atoms with Gasteiger partial charge in [0.2, 0.25) is 0 Å². The summed E-state index contributed by atoms with van der Waals surface area (Å²) in [4.78, 5) is 0. The van der Waals surface area contributed by atoms with Crippen LogP contribution in [-0.2, 0) is 0 Å². The molecule has 0 aliphatic rings. The summed E-state index contributed by atoms with van der Waals surface area (Å²) in [5.74, 6) is 0. The highest BCUT2D eigenvalue weighted by atomic mass is 16.3. The smallest absolute Gasteiger partial charge is 0.160 e. The molecule has 0 aliphatic heterocycles. The van der Waals surface area contributed by atoms with E-state index in [0.29, 0.717) is 0 Å². The lowest BCUT2D eigenvalue weighted by atomic mass is 10.1. The molecule has 10 aromatic rings. The predicted molar refractivity (Wildman–Crippen MR) is 188 cm³/mol. The van der Waals surface area contributed by atoms with Crippen molar-refractivity contribution in [2.45, 2.75) is 0 Å². The minimum Gasteiger partial charge on any atom is -0.454 e. The van der Waals surface area contributed by atoms with Gasteiger partial charge in [0.15, 0.2) is 5.58 Å². The van der Waals surface area contributed by atoms with E-state index in [4.69, 9.17) is 4.42 Å². The number of aromatic nitrogens is 2. The summed E-state index contributed by atoms with van der Waals surface area (Å²) in [6.45, 7) is 0. The summed E-state index contributed by atoms with van der Waals surface area (Å²) < 4.78 is 11.5. The third-order valence-corrected chi connectivity index (χ3v) is 9.31. The Kier molecular flexibility index (Phi) is 5.00. The fourth-order valence-electron chi connectivity index (χ4n) is 7.40. The first-order valence-electron chi connectivity index (χ1n) is 15.4. The molecule has 7 aromatic carbocycles. The molecule has 0 aliphatic carbocycles. The van der Waals surface area contributed by atoms with Gasteiger partial charge in [0.25, 0.3) is 0 Å². The van der Waals surface area contributed by atoms with Gasteiger partial charge in [-0.2, -0.15) is 0 Å². The minimum atomic E-state index is 0.900. The summed E-state index contributed by atoms with van der Waals surface area (Å²) in [7, 11) is 0. The minimum absolute atomic E-state index is 0.900. The second-order valence-electron chi connectivity index (χ2n) is 11.7. The van der Waals surface area contributed by atoms with Crippen LogP contribution < -0.4 is 0 Å². The van der Waals surface area contributed by atoms with E-state index >= 15 is 0 Å². The van der Waals surface area contributed by atoms with Gasteiger partial charge in [-0.3, -0.25) is 0 Å². The standard InChI is InChI=1S/C42H26N2O/c1-2-12-27(13-3-1)28-14-10-15-29(26-28)43-37-21-11-22-38(44-35-19-7-4-16-30(35)31-17-5-8-20-36(31)44)40(37)34-25-24-33-32-18-6-9-23-39(32)45-42(33)41(34)43/h1-26H. The van der Waals surface area contributed by atoms with Crippen molar-refractivity contribution in [1.29, 1.82) is 0 Å². The number of rotatable bonds is 3. The second kappa shape index (κ2) is 9.22. The van der Waals surface area contributed by atoms with E-state index in [2.05, 4.69) is 161 Å². The van der Waals surface area contributed by atoms with Crippen LogP contribution >= 0.6 is 0 Å². The first kappa shape index (κ1) is 24.4. The average molecular weight is 575 g/mol. The zero-order valence-corrected chi connectivity index (χ0v) is 24.3. The normalized spacial score (nSPS) is 12.0. The molecular weight excluding hydrogens is 548 g/mol. The summed E-state index contributed by atoms with van der Waals surface area (Å²) in [5, 5.41) is 7.13. The highest BCUT2D eigenvalue weighted by Crippen LogP contribution is 2.44. The van der Waals surface area contributed by atoms with Gasteiger partial charge < -0.3 is 13.6 Å². The molecule has 3 aromatic heterocycles. The average Bonchev–Trinajstić information content (AvgIpc) is 3.77. The van der Waals surface area contributed by atoms with E-state index < -0.39 is 0 Å². The third-order valence-electron chi connectivity index (χ3n) is 9.31. The fourth-order valence-corrected chi connectivity index (χ4v) is 7.40. The van der Waals surface area contributed by atoms with Crippen molar-refractivity contribution in [1.82, 2.24) is 9.13 Å². The van der Waals surface area contributed by atoms with Crippen LogP contribution in [0.1, 0.15) is 0 Å². The molecule has 3 heteroatoms. The first-order valence-corrected chi connectivity index (χ1v) is 15.4. The van der Waals surface area contributed by atoms with Crippen LogP contribution in [0.3, 0.4) is 0 Å². The molecule has 0 unspecified atom stereocenters. The number of furan rings is 1. The fraction of sp³-hybridized carbons (Fsp3) is 0. The highest BCUT2D eigenvalue weighted by molar-refractivity contribution is 6.24. The zero-order valence-electron chi connectivity index (χ0n) is 24.3. The lowest BCUT2D eigenvalue weighted by Crippen LogP contribution is -1.97.